The largest absolute Gasteiger partial charge is 0.380 e. The highest BCUT2D eigenvalue weighted by molar-refractivity contribution is 7.16. The number of benzene rings is 1. The number of methoxy groups -OCH3 is 1. The molecule has 33 heavy (non-hydrogen) atoms. The number of piperidine rings is 1. The number of aryl methyl sites for hydroxylation is 1. The SMILES string of the molecule is COCc1ccccc1-n1cc(CN2CCC3(CC2)OCC(F)(F)c2cc(Cl)sc23)c(C)n1. The lowest BCUT2D eigenvalue weighted by atomic mass is 9.84. The summed E-state index contributed by atoms with van der Waals surface area (Å²) in [5, 5.41) is 4.73. The van der Waals surface area contributed by atoms with Crippen molar-refractivity contribution in [3.8, 4) is 5.69 Å². The number of ether oxygens (including phenoxy) is 2. The van der Waals surface area contributed by atoms with Gasteiger partial charge in [-0.2, -0.15) is 13.9 Å². The van der Waals surface area contributed by atoms with Crippen molar-refractivity contribution in [1.82, 2.24) is 14.7 Å². The van der Waals surface area contributed by atoms with E-state index in [1.54, 1.807) is 7.11 Å². The minimum atomic E-state index is -2.98. The molecule has 0 N–H and O–H groups in total. The zero-order chi connectivity index (χ0) is 23.2. The quantitative estimate of drug-likeness (QED) is 0.460. The van der Waals surface area contributed by atoms with E-state index in [1.807, 2.05) is 35.9 Å². The Morgan fingerprint density at radius 1 is 1.21 bits per heavy atom. The van der Waals surface area contributed by atoms with Crippen molar-refractivity contribution in [2.75, 3.05) is 26.8 Å². The Labute approximate surface area is 200 Å². The first-order valence-corrected chi connectivity index (χ1v) is 12.2. The fourth-order valence-electron chi connectivity index (χ4n) is 4.81. The smallest absolute Gasteiger partial charge is 0.297 e. The average molecular weight is 494 g/mol. The van der Waals surface area contributed by atoms with E-state index in [4.69, 9.17) is 26.2 Å². The van der Waals surface area contributed by atoms with Crippen LogP contribution in [0.2, 0.25) is 4.34 Å². The molecule has 1 aromatic carbocycles. The molecule has 1 fully saturated rings. The van der Waals surface area contributed by atoms with Crippen molar-refractivity contribution >= 4 is 22.9 Å². The van der Waals surface area contributed by atoms with Gasteiger partial charge in [0, 0.05) is 54.5 Å². The summed E-state index contributed by atoms with van der Waals surface area (Å²) in [7, 11) is 1.68. The maximum Gasteiger partial charge on any atom is 0.297 e. The Morgan fingerprint density at radius 3 is 2.73 bits per heavy atom. The van der Waals surface area contributed by atoms with Crippen LogP contribution in [-0.2, 0) is 34.1 Å². The molecular weight excluding hydrogens is 468 g/mol. The molecule has 5 rings (SSSR count). The highest BCUT2D eigenvalue weighted by atomic mass is 35.5. The third-order valence-corrected chi connectivity index (χ3v) is 8.09. The van der Waals surface area contributed by atoms with E-state index in [9.17, 15) is 8.78 Å². The van der Waals surface area contributed by atoms with Gasteiger partial charge in [0.15, 0.2) is 0 Å². The van der Waals surface area contributed by atoms with Crippen molar-refractivity contribution in [1.29, 1.82) is 0 Å². The second kappa shape index (κ2) is 8.74. The van der Waals surface area contributed by atoms with Crippen LogP contribution in [-0.4, -0.2) is 41.5 Å². The third kappa shape index (κ3) is 4.23. The Bertz CT molecular complexity index is 1150. The van der Waals surface area contributed by atoms with Crippen LogP contribution in [0, 0.1) is 6.92 Å². The summed E-state index contributed by atoms with van der Waals surface area (Å²) >= 11 is 7.35. The Balaban J connectivity index is 1.31. The van der Waals surface area contributed by atoms with Gasteiger partial charge in [0.25, 0.3) is 5.92 Å². The van der Waals surface area contributed by atoms with Crippen LogP contribution < -0.4 is 0 Å². The van der Waals surface area contributed by atoms with E-state index in [0.717, 1.165) is 42.1 Å². The van der Waals surface area contributed by atoms with Gasteiger partial charge in [0.05, 0.1) is 22.3 Å². The lowest BCUT2D eigenvalue weighted by Gasteiger charge is -2.45. The van der Waals surface area contributed by atoms with Gasteiger partial charge in [-0.25, -0.2) is 4.68 Å². The molecule has 0 atom stereocenters. The number of hydrogen-bond acceptors (Lipinski definition) is 5. The molecule has 0 aliphatic carbocycles. The Morgan fingerprint density at radius 2 is 1.97 bits per heavy atom. The first-order chi connectivity index (χ1) is 15.8. The molecule has 1 spiro atoms. The van der Waals surface area contributed by atoms with Gasteiger partial charge in [-0.3, -0.25) is 4.90 Å². The van der Waals surface area contributed by atoms with E-state index in [2.05, 4.69) is 11.1 Å². The molecule has 3 aromatic rings. The molecular formula is C24H26ClF2N3O2S. The van der Waals surface area contributed by atoms with Gasteiger partial charge in [0.1, 0.15) is 12.2 Å². The van der Waals surface area contributed by atoms with Crippen molar-refractivity contribution in [3.63, 3.8) is 0 Å². The topological polar surface area (TPSA) is 39.5 Å². The molecule has 2 aromatic heterocycles. The number of likely N-dealkylation sites (tertiary alicyclic amines) is 1. The number of hydrogen-bond donors (Lipinski definition) is 0. The van der Waals surface area contributed by atoms with Crippen LogP contribution in [0.4, 0.5) is 8.78 Å². The zero-order valence-electron chi connectivity index (χ0n) is 18.6. The predicted octanol–water partition coefficient (Wildman–Crippen LogP) is 5.66. The minimum Gasteiger partial charge on any atom is -0.380 e. The lowest BCUT2D eigenvalue weighted by molar-refractivity contribution is -0.182. The predicted molar refractivity (Wildman–Crippen MR) is 124 cm³/mol. The van der Waals surface area contributed by atoms with Gasteiger partial charge in [-0.1, -0.05) is 29.8 Å². The van der Waals surface area contributed by atoms with Gasteiger partial charge in [-0.05, 0) is 31.9 Å². The highest BCUT2D eigenvalue weighted by Crippen LogP contribution is 2.52. The average Bonchev–Trinajstić information content (AvgIpc) is 3.37. The monoisotopic (exact) mass is 493 g/mol. The maximum atomic E-state index is 14.4. The fraction of sp³-hybridized carbons (Fsp3) is 0.458. The van der Waals surface area contributed by atoms with Crippen LogP contribution in [0.15, 0.2) is 36.5 Å². The van der Waals surface area contributed by atoms with Gasteiger partial charge >= 0.3 is 0 Å². The molecule has 0 amide bonds. The van der Waals surface area contributed by atoms with Crippen LogP contribution in [0.1, 0.15) is 40.1 Å². The molecule has 1 saturated heterocycles. The summed E-state index contributed by atoms with van der Waals surface area (Å²) < 4.78 is 42.2. The summed E-state index contributed by atoms with van der Waals surface area (Å²) in [5.74, 6) is -2.98. The number of alkyl halides is 2. The van der Waals surface area contributed by atoms with Crippen LogP contribution in [0.3, 0.4) is 0 Å². The second-order valence-electron chi connectivity index (χ2n) is 8.80. The normalized spacial score (nSPS) is 19.7. The molecule has 5 nitrogen and oxygen atoms in total. The molecule has 9 heteroatoms. The number of rotatable bonds is 5. The van der Waals surface area contributed by atoms with Crippen molar-refractivity contribution in [2.45, 2.75) is 44.4 Å². The Kier molecular flexibility index (Phi) is 6.07. The van der Waals surface area contributed by atoms with E-state index in [1.165, 1.54) is 17.4 Å². The van der Waals surface area contributed by atoms with Crippen LogP contribution in [0.25, 0.3) is 5.69 Å². The second-order valence-corrected chi connectivity index (χ2v) is 10.5. The van der Waals surface area contributed by atoms with Gasteiger partial charge in [0.2, 0.25) is 0 Å². The highest BCUT2D eigenvalue weighted by Gasteiger charge is 2.51. The molecule has 2 aliphatic heterocycles. The van der Waals surface area contributed by atoms with Gasteiger partial charge in [-0.15, -0.1) is 11.3 Å². The molecule has 0 bridgehead atoms. The third-order valence-electron chi connectivity index (χ3n) is 6.64. The van der Waals surface area contributed by atoms with Crippen molar-refractivity contribution in [3.05, 3.63) is 68.1 Å². The Hall–Kier alpha value is -1.84. The lowest BCUT2D eigenvalue weighted by Crippen LogP contribution is -2.48. The van der Waals surface area contributed by atoms with E-state index in [0.29, 0.717) is 28.7 Å². The number of thiophene rings is 1. The minimum absolute atomic E-state index is 0.0454. The van der Waals surface area contributed by atoms with Crippen molar-refractivity contribution in [2.24, 2.45) is 0 Å². The maximum absolute atomic E-state index is 14.4. The molecule has 2 aliphatic rings. The van der Waals surface area contributed by atoms with E-state index in [-0.39, 0.29) is 5.56 Å². The number of halogens is 3. The fourth-order valence-corrected chi connectivity index (χ4v) is 6.29. The number of aromatic nitrogens is 2. The van der Waals surface area contributed by atoms with Gasteiger partial charge < -0.3 is 9.47 Å². The van der Waals surface area contributed by atoms with E-state index >= 15 is 0 Å². The summed E-state index contributed by atoms with van der Waals surface area (Å²) in [5.41, 5.74) is 3.58. The molecule has 0 unspecified atom stereocenters. The summed E-state index contributed by atoms with van der Waals surface area (Å²) in [6, 6.07) is 9.48. The first kappa shape index (κ1) is 22.9. The number of fused-ring (bicyclic) bond motifs is 2. The summed E-state index contributed by atoms with van der Waals surface area (Å²) in [6.07, 6.45) is 3.40. The number of nitrogens with zero attached hydrogens (tertiary/aromatic N) is 3. The van der Waals surface area contributed by atoms with E-state index < -0.39 is 18.1 Å². The molecule has 0 saturated carbocycles. The summed E-state index contributed by atoms with van der Waals surface area (Å²) in [6.45, 7) is 4.22. The molecule has 0 radical (unpaired) electrons. The zero-order valence-corrected chi connectivity index (χ0v) is 20.2. The van der Waals surface area contributed by atoms with Crippen LogP contribution >= 0.6 is 22.9 Å². The first-order valence-electron chi connectivity index (χ1n) is 11.0. The standard InChI is InChI=1S/C24H26ClF2N3O2S/c1-16-18(13-30(28-16)20-6-4-3-5-17(20)14-31-2)12-29-9-7-23(8-10-29)22-19(11-21(25)33-22)24(26,27)15-32-23/h3-6,11,13H,7-10,12,14-15H2,1-2H3. The molecule has 176 valence electrons. The molecule has 4 heterocycles. The van der Waals surface area contributed by atoms with Crippen LogP contribution in [0.5, 0.6) is 0 Å². The number of para-hydroxylation sites is 1. The van der Waals surface area contributed by atoms with Crippen molar-refractivity contribution < 1.29 is 18.3 Å². The summed E-state index contributed by atoms with van der Waals surface area (Å²) in [4.78, 5) is 2.94.